The van der Waals surface area contributed by atoms with E-state index in [-0.39, 0.29) is 12.5 Å². The van der Waals surface area contributed by atoms with Crippen molar-refractivity contribution in [1.29, 1.82) is 5.26 Å². The molecule has 1 aliphatic rings. The van der Waals surface area contributed by atoms with Crippen LogP contribution in [0.4, 0.5) is 5.82 Å². The average molecular weight is 442 g/mol. The third kappa shape index (κ3) is 5.12. The van der Waals surface area contributed by atoms with Crippen molar-refractivity contribution in [3.63, 3.8) is 0 Å². The largest absolute Gasteiger partial charge is 0.484 e. The van der Waals surface area contributed by atoms with E-state index < -0.39 is 0 Å². The third-order valence-corrected chi connectivity index (χ3v) is 6.07. The quantitative estimate of drug-likeness (QED) is 0.601. The summed E-state index contributed by atoms with van der Waals surface area (Å²) in [4.78, 5) is 16.5. The summed E-state index contributed by atoms with van der Waals surface area (Å²) in [5.41, 5.74) is 6.24. The highest BCUT2D eigenvalue weighted by atomic mass is 16.5. The van der Waals surface area contributed by atoms with Crippen LogP contribution in [0.1, 0.15) is 22.3 Å². The molecule has 7 heteroatoms. The number of nitriles is 1. The van der Waals surface area contributed by atoms with Crippen LogP contribution in [0.15, 0.2) is 48.5 Å². The Labute approximate surface area is 194 Å². The predicted molar refractivity (Wildman–Crippen MR) is 127 cm³/mol. The summed E-state index contributed by atoms with van der Waals surface area (Å²) >= 11 is 0. The zero-order chi connectivity index (χ0) is 23.4. The summed E-state index contributed by atoms with van der Waals surface area (Å²) in [5.74, 6) is 1.35. The maximum Gasteiger partial charge on any atom is 0.260 e. The first kappa shape index (κ1) is 22.3. The maximum atomic E-state index is 12.5. The summed E-state index contributed by atoms with van der Waals surface area (Å²) in [5, 5.41) is 17.8. The van der Waals surface area contributed by atoms with Gasteiger partial charge in [-0.05, 0) is 79.9 Å². The predicted octanol–water partition coefficient (Wildman–Crippen LogP) is 3.67. The van der Waals surface area contributed by atoms with Crippen LogP contribution < -0.4 is 9.64 Å². The molecule has 33 heavy (non-hydrogen) atoms. The van der Waals surface area contributed by atoms with Crippen molar-refractivity contribution in [2.75, 3.05) is 37.7 Å². The molecule has 1 amide bonds. The van der Waals surface area contributed by atoms with E-state index in [0.717, 1.165) is 17.1 Å². The van der Waals surface area contributed by atoms with Crippen molar-refractivity contribution in [1.82, 2.24) is 15.1 Å². The Kier molecular flexibility index (Phi) is 6.55. The lowest BCUT2D eigenvalue weighted by molar-refractivity contribution is -0.133. The van der Waals surface area contributed by atoms with Gasteiger partial charge in [0.2, 0.25) is 0 Å². The van der Waals surface area contributed by atoms with Gasteiger partial charge in [0.25, 0.3) is 5.91 Å². The molecule has 168 valence electrons. The fraction of sp³-hybridized carbons (Fsp3) is 0.308. The Hall–Kier alpha value is -3.92. The number of rotatable bonds is 5. The van der Waals surface area contributed by atoms with E-state index in [1.165, 1.54) is 16.7 Å². The zero-order valence-electron chi connectivity index (χ0n) is 19.2. The van der Waals surface area contributed by atoms with Gasteiger partial charge in [-0.3, -0.25) is 4.79 Å². The molecule has 3 aromatic rings. The number of benzene rings is 2. The molecule has 0 aliphatic carbocycles. The molecular weight excluding hydrogens is 414 g/mol. The van der Waals surface area contributed by atoms with Gasteiger partial charge in [0.1, 0.15) is 5.75 Å². The smallest absolute Gasteiger partial charge is 0.260 e. The Morgan fingerprint density at radius 2 is 1.64 bits per heavy atom. The number of aromatic nitrogens is 2. The van der Waals surface area contributed by atoms with Crippen molar-refractivity contribution < 1.29 is 9.53 Å². The second-order valence-electron chi connectivity index (χ2n) is 8.32. The molecule has 2 aromatic carbocycles. The van der Waals surface area contributed by atoms with Crippen LogP contribution in [-0.2, 0) is 4.79 Å². The highest BCUT2D eigenvalue weighted by Gasteiger charge is 2.22. The molecule has 0 atom stereocenters. The van der Waals surface area contributed by atoms with Gasteiger partial charge < -0.3 is 14.5 Å². The summed E-state index contributed by atoms with van der Waals surface area (Å²) in [6.45, 7) is 8.90. The van der Waals surface area contributed by atoms with Crippen molar-refractivity contribution in [2.45, 2.75) is 20.8 Å². The maximum absolute atomic E-state index is 12.5. The van der Waals surface area contributed by atoms with E-state index in [1.807, 2.05) is 12.1 Å². The lowest BCUT2D eigenvalue weighted by atomic mass is 9.99. The van der Waals surface area contributed by atoms with Gasteiger partial charge in [-0.2, -0.15) is 5.26 Å². The van der Waals surface area contributed by atoms with E-state index in [0.29, 0.717) is 37.5 Å². The Morgan fingerprint density at radius 3 is 2.27 bits per heavy atom. The van der Waals surface area contributed by atoms with Crippen molar-refractivity contribution in [3.05, 3.63) is 70.8 Å². The fourth-order valence-corrected chi connectivity index (χ4v) is 3.92. The van der Waals surface area contributed by atoms with Crippen molar-refractivity contribution in [3.8, 4) is 23.1 Å². The van der Waals surface area contributed by atoms with E-state index in [9.17, 15) is 4.79 Å². The number of hydrogen-bond donors (Lipinski definition) is 0. The van der Waals surface area contributed by atoms with Gasteiger partial charge >= 0.3 is 0 Å². The van der Waals surface area contributed by atoms with Gasteiger partial charge in [0.05, 0.1) is 17.3 Å². The van der Waals surface area contributed by atoms with E-state index in [4.69, 9.17) is 10.00 Å². The molecule has 1 saturated heterocycles. The van der Waals surface area contributed by atoms with E-state index in [2.05, 4.69) is 54.1 Å². The number of piperazine rings is 1. The van der Waals surface area contributed by atoms with Gasteiger partial charge in [0.15, 0.2) is 12.4 Å². The molecule has 0 spiro atoms. The molecule has 1 fully saturated rings. The fourth-order valence-electron chi connectivity index (χ4n) is 3.92. The number of hydrogen-bond acceptors (Lipinski definition) is 6. The van der Waals surface area contributed by atoms with Gasteiger partial charge in [-0.25, -0.2) is 0 Å². The second kappa shape index (κ2) is 9.70. The SMILES string of the molecule is Cc1cc(C)c(-c2ccc(N3CCN(C(=O)COc4ccc(C#N)cc4)CC3)nn2)cc1C. The first-order chi connectivity index (χ1) is 15.9. The first-order valence-corrected chi connectivity index (χ1v) is 11.0. The summed E-state index contributed by atoms with van der Waals surface area (Å²) in [7, 11) is 0. The molecule has 0 N–H and O–H groups in total. The molecule has 0 saturated carbocycles. The van der Waals surface area contributed by atoms with Crippen molar-refractivity contribution >= 4 is 11.7 Å². The number of anilines is 1. The Balaban J connectivity index is 1.31. The standard InChI is InChI=1S/C26H27N5O2/c1-18-14-20(3)23(15-19(18)2)24-8-9-25(29-28-24)30-10-12-31(13-11-30)26(32)17-33-22-6-4-21(16-27)5-7-22/h4-9,14-15H,10-13,17H2,1-3H3. The highest BCUT2D eigenvalue weighted by Crippen LogP contribution is 2.25. The number of nitrogens with zero attached hydrogens (tertiary/aromatic N) is 5. The van der Waals surface area contributed by atoms with Crippen LogP contribution in [0.25, 0.3) is 11.3 Å². The molecule has 4 rings (SSSR count). The van der Waals surface area contributed by atoms with Crippen LogP contribution in [0.2, 0.25) is 0 Å². The lowest BCUT2D eigenvalue weighted by Gasteiger charge is -2.35. The topological polar surface area (TPSA) is 82.4 Å². The van der Waals surface area contributed by atoms with Gasteiger partial charge in [-0.1, -0.05) is 6.07 Å². The van der Waals surface area contributed by atoms with Gasteiger partial charge in [-0.15, -0.1) is 10.2 Å². The highest BCUT2D eigenvalue weighted by molar-refractivity contribution is 5.78. The minimum absolute atomic E-state index is 0.0181. The zero-order valence-corrected chi connectivity index (χ0v) is 19.2. The average Bonchev–Trinajstić information content (AvgIpc) is 2.85. The number of carbonyl (C=O) groups is 1. The normalized spacial score (nSPS) is 13.5. The molecule has 0 bridgehead atoms. The molecule has 2 heterocycles. The third-order valence-electron chi connectivity index (χ3n) is 6.07. The van der Waals surface area contributed by atoms with E-state index >= 15 is 0 Å². The van der Waals surface area contributed by atoms with Crippen LogP contribution in [-0.4, -0.2) is 53.8 Å². The van der Waals surface area contributed by atoms with Gasteiger partial charge in [0, 0.05) is 31.7 Å². The molecule has 1 aliphatic heterocycles. The number of amides is 1. The summed E-state index contributed by atoms with van der Waals surface area (Å²) in [6.07, 6.45) is 0. The Bertz CT molecular complexity index is 1180. The minimum atomic E-state index is -0.0503. The van der Waals surface area contributed by atoms with Crippen LogP contribution in [0, 0.1) is 32.1 Å². The molecule has 0 radical (unpaired) electrons. The molecule has 1 aromatic heterocycles. The van der Waals surface area contributed by atoms with Crippen LogP contribution >= 0.6 is 0 Å². The van der Waals surface area contributed by atoms with Crippen LogP contribution in [0.5, 0.6) is 5.75 Å². The minimum Gasteiger partial charge on any atom is -0.484 e. The first-order valence-electron chi connectivity index (χ1n) is 11.0. The summed E-state index contributed by atoms with van der Waals surface area (Å²) < 4.78 is 5.58. The summed E-state index contributed by atoms with van der Waals surface area (Å²) in [6, 6.07) is 17.2. The number of ether oxygens (including phenoxy) is 1. The lowest BCUT2D eigenvalue weighted by Crippen LogP contribution is -2.50. The van der Waals surface area contributed by atoms with Crippen LogP contribution in [0.3, 0.4) is 0 Å². The second-order valence-corrected chi connectivity index (χ2v) is 8.32. The molecule has 0 unspecified atom stereocenters. The molecular formula is C26H27N5O2. The van der Waals surface area contributed by atoms with E-state index in [1.54, 1.807) is 29.2 Å². The number of aryl methyl sites for hydroxylation is 3. The number of carbonyl (C=O) groups excluding carboxylic acids is 1. The monoisotopic (exact) mass is 441 g/mol. The van der Waals surface area contributed by atoms with Crippen molar-refractivity contribution in [2.24, 2.45) is 0 Å². The Morgan fingerprint density at radius 1 is 0.939 bits per heavy atom. The molecule has 7 nitrogen and oxygen atoms in total.